The Morgan fingerprint density at radius 2 is 1.69 bits per heavy atom. The van der Waals surface area contributed by atoms with E-state index in [1.807, 2.05) is 0 Å². The van der Waals surface area contributed by atoms with Crippen molar-refractivity contribution in [2.24, 2.45) is 16.7 Å². The summed E-state index contributed by atoms with van der Waals surface area (Å²) in [5, 5.41) is 37.1. The van der Waals surface area contributed by atoms with Gasteiger partial charge in [-0.1, -0.05) is 40.0 Å². The molecule has 17 atom stereocenters. The van der Waals surface area contributed by atoms with Gasteiger partial charge in [-0.2, -0.15) is 0 Å². The molecule has 10 nitrogen and oxygen atoms in total. The Balaban J connectivity index is 1.82. The Morgan fingerprint density at radius 3 is 2.20 bits per heavy atom. The molecule has 0 spiro atoms. The number of aliphatic hydroxyl groups excluding tert-OH is 2. The molecule has 1 aliphatic heterocycles. The molecular weight excluding hydrogens is 818 g/mol. The van der Waals surface area contributed by atoms with E-state index in [0.717, 1.165) is 0 Å². The zero-order valence-corrected chi connectivity index (χ0v) is 38.2. The first-order valence-corrected chi connectivity index (χ1v) is 33.0. The van der Waals surface area contributed by atoms with Crippen LogP contribution in [-0.2, 0) is 28.3 Å². The third-order valence-corrected chi connectivity index (χ3v) is 58.0. The fraction of sp³-hybridized carbons (Fsp3) is 0.621. The molecule has 20 heteroatoms. The van der Waals surface area contributed by atoms with Gasteiger partial charge in [0.15, 0.2) is 11.4 Å². The number of hydrogen-bond donors (Lipinski definition) is 3. The van der Waals surface area contributed by atoms with E-state index in [0.29, 0.717) is 19.1 Å². The van der Waals surface area contributed by atoms with Crippen LogP contribution in [0.3, 0.4) is 0 Å². The van der Waals surface area contributed by atoms with Gasteiger partial charge in [0.25, 0.3) is 0 Å². The topological polar surface area (TPSA) is 149 Å². The van der Waals surface area contributed by atoms with Crippen LogP contribution in [0.5, 0.6) is 0 Å². The normalized spacial score (nSPS) is 38.3. The predicted octanol–water partition coefficient (Wildman–Crippen LogP) is 7.24. The highest BCUT2D eigenvalue weighted by atomic mass is 33.1. The Morgan fingerprint density at radius 1 is 1.06 bits per heavy atom. The minimum atomic E-state index is -2.03. The predicted molar refractivity (Wildman–Crippen MR) is 219 cm³/mol. The van der Waals surface area contributed by atoms with E-state index >= 15 is 4.79 Å². The number of ketones is 1. The van der Waals surface area contributed by atoms with Crippen molar-refractivity contribution in [2.75, 3.05) is 6.61 Å². The summed E-state index contributed by atoms with van der Waals surface area (Å²) in [6.45, 7) is 5.92. The number of ether oxygens (including phenoxy) is 3. The van der Waals surface area contributed by atoms with Gasteiger partial charge in [-0.3, -0.25) is 9.59 Å². The van der Waals surface area contributed by atoms with Crippen molar-refractivity contribution in [3.8, 4) is 0 Å². The van der Waals surface area contributed by atoms with Gasteiger partial charge in [0, 0.05) is 32.2 Å². The van der Waals surface area contributed by atoms with E-state index in [-0.39, 0.29) is 25.0 Å². The summed E-state index contributed by atoms with van der Waals surface area (Å²) >= 11 is 0. The zero-order valence-electron chi connectivity index (χ0n) is 27.8. The summed E-state index contributed by atoms with van der Waals surface area (Å²) in [4.78, 5) is 42.5. The molecule has 2 saturated carbocycles. The summed E-state index contributed by atoms with van der Waals surface area (Å²) in [6.07, 6.45) is -6.47. The van der Waals surface area contributed by atoms with Crippen LogP contribution in [0.4, 0.5) is 0 Å². The maximum Gasteiger partial charge on any atom is 0.338 e. The molecule has 0 amide bonds. The fourth-order valence-corrected chi connectivity index (χ4v) is 74.2. The van der Waals surface area contributed by atoms with E-state index in [2.05, 4.69) is 44.6 Å². The largest absolute Gasteiger partial charge is 0.455 e. The number of esters is 2. The summed E-state index contributed by atoms with van der Waals surface area (Å²) in [7, 11) is 13.7. The summed E-state index contributed by atoms with van der Waals surface area (Å²) < 4.78 is 25.5. The van der Waals surface area contributed by atoms with E-state index in [1.54, 1.807) is 58.0 Å². The Bertz CT molecular complexity index is 1500. The molecule has 8 unspecified atom stereocenters. The lowest BCUT2D eigenvalue weighted by Crippen LogP contribution is -2.81. The quantitative estimate of drug-likeness (QED) is 0.132. The first kappa shape index (κ1) is 41.8. The smallest absolute Gasteiger partial charge is 0.338 e. The van der Waals surface area contributed by atoms with Gasteiger partial charge >= 0.3 is 11.9 Å². The lowest BCUT2D eigenvalue weighted by molar-refractivity contribution is -0.345. The fourth-order valence-electron chi connectivity index (χ4n) is 8.22. The molecule has 1 aromatic rings. The Kier molecular flexibility index (Phi) is 13.4. The number of rotatable bonds is 9. The van der Waals surface area contributed by atoms with Crippen molar-refractivity contribution < 1.29 is 48.4 Å². The number of fused-ring (bicyclic) bond motifs is 5. The number of hydrogen-bond acceptors (Lipinski definition) is 10. The standard InChI is InChI=1S/C29H46O10P10/c1-14-17(31)12-29(35)24(37-25(34)16-9-7-6-8-10-16)22-27(5,18(32)11-19-28(22,13-36-19)38-15(2)30)23(33)21(20(14)26(29,3)4)39-46(47(41)42)49(45-40)48(43)44/h6-10,17-19,21-22,24,31-32,35,45H,11-13,40-44H2,1-5H3/t17-,18-,19+,21+,22-,24-,27+,28-,29+,46?,49?/m0/s1. The Hall–Kier alpha value is 1.67. The summed E-state index contributed by atoms with van der Waals surface area (Å²) in [6, 6.07) is 8.28. The molecule has 1 saturated heterocycles. The first-order valence-electron chi connectivity index (χ1n) is 15.5. The van der Waals surface area contributed by atoms with E-state index in [4.69, 9.17) is 18.7 Å². The average molecular weight is 864 g/mol. The van der Waals surface area contributed by atoms with Gasteiger partial charge < -0.3 is 34.1 Å². The molecule has 49 heavy (non-hydrogen) atoms. The second kappa shape index (κ2) is 15.7. The molecule has 5 rings (SSSR count). The van der Waals surface area contributed by atoms with Crippen molar-refractivity contribution in [3.05, 3.63) is 47.0 Å². The third-order valence-electron chi connectivity index (χ3n) is 10.8. The highest BCUT2D eigenvalue weighted by Crippen LogP contribution is 3.09. The monoisotopic (exact) mass is 864 g/mol. The molecule has 1 heterocycles. The summed E-state index contributed by atoms with van der Waals surface area (Å²) in [5.41, 5.74) is -5.52. The molecule has 0 radical (unpaired) electrons. The number of benzene rings is 1. The minimum absolute atomic E-state index is 0.0303. The van der Waals surface area contributed by atoms with E-state index in [9.17, 15) is 24.9 Å². The molecule has 2 bridgehead atoms. The lowest BCUT2D eigenvalue weighted by atomic mass is 9.44. The van der Waals surface area contributed by atoms with Gasteiger partial charge in [0.2, 0.25) is 0 Å². The van der Waals surface area contributed by atoms with Crippen molar-refractivity contribution >= 4 is 98.8 Å². The second-order valence-corrected chi connectivity index (χ2v) is 48.2. The van der Waals surface area contributed by atoms with E-state index < -0.39 is 105 Å². The molecule has 3 aliphatic carbocycles. The maximum absolute atomic E-state index is 15.7. The highest BCUT2D eigenvalue weighted by Gasteiger charge is 2.78. The minimum Gasteiger partial charge on any atom is -0.455 e. The maximum atomic E-state index is 15.7. The molecule has 3 fully saturated rings. The van der Waals surface area contributed by atoms with Crippen molar-refractivity contribution in [3.63, 3.8) is 0 Å². The van der Waals surface area contributed by atoms with Crippen molar-refractivity contribution in [2.45, 2.75) is 89.2 Å². The average Bonchev–Trinajstić information content (AvgIpc) is 3.02. The Labute approximate surface area is 305 Å². The zero-order chi connectivity index (χ0) is 36.4. The van der Waals surface area contributed by atoms with Crippen LogP contribution in [0.1, 0.15) is 57.8 Å². The van der Waals surface area contributed by atoms with Crippen LogP contribution < -0.4 is 0 Å². The molecule has 272 valence electrons. The number of carbonyl (C=O) groups is 3. The van der Waals surface area contributed by atoms with E-state index in [1.165, 1.54) is 6.92 Å². The van der Waals surface area contributed by atoms with Crippen molar-refractivity contribution in [1.29, 1.82) is 0 Å². The van der Waals surface area contributed by atoms with Crippen LogP contribution in [0.15, 0.2) is 41.5 Å². The molecule has 4 aliphatic rings. The SMILES string of the molecule is CC(=O)O[C@@]12CO[C@@H]1C[C@H](O)[C@@]1(C)C(=O)[C@H](OP(P(P)P)P(PP)P(P)P)C3=C(C)[C@@H](O)C[C@@](O)([C@@H](OC(=O)c4ccccc4)[C@H]21)C3(C)C. The van der Waals surface area contributed by atoms with Gasteiger partial charge in [-0.25, -0.2) is 4.79 Å². The van der Waals surface area contributed by atoms with Gasteiger partial charge in [-0.05, 0) is 51.1 Å². The molecule has 3 N–H and O–H groups in total. The molecule has 1 aromatic carbocycles. The van der Waals surface area contributed by atoms with Crippen LogP contribution in [0.2, 0.25) is 0 Å². The van der Waals surface area contributed by atoms with Gasteiger partial charge in [0.05, 0.1) is 43.2 Å². The third kappa shape index (κ3) is 7.03. The molecular formula is C29H46O10P10. The number of aliphatic hydroxyl groups is 3. The van der Waals surface area contributed by atoms with Crippen molar-refractivity contribution in [1.82, 2.24) is 0 Å². The van der Waals surface area contributed by atoms with Crippen LogP contribution in [0.25, 0.3) is 0 Å². The number of Topliss-reactive ketones (excluding diaryl/α,β-unsaturated/α-hetero) is 1. The number of carbonyl (C=O) groups excluding carboxylic acids is 3. The molecule has 0 aromatic heterocycles. The second-order valence-electron chi connectivity index (χ2n) is 13.7. The van der Waals surface area contributed by atoms with Crippen LogP contribution in [0, 0.1) is 16.7 Å². The first-order chi connectivity index (χ1) is 22.8. The van der Waals surface area contributed by atoms with Crippen LogP contribution in [-0.4, -0.2) is 81.4 Å². The highest BCUT2D eigenvalue weighted by molar-refractivity contribution is 9.10. The van der Waals surface area contributed by atoms with Crippen LogP contribution >= 0.6 is 81.1 Å². The van der Waals surface area contributed by atoms with Gasteiger partial charge in [-0.15, -0.1) is 44.6 Å². The summed E-state index contributed by atoms with van der Waals surface area (Å²) in [5.74, 6) is -3.16. The lowest BCUT2D eigenvalue weighted by Gasteiger charge is -2.67. The van der Waals surface area contributed by atoms with Gasteiger partial charge in [0.1, 0.15) is 23.9 Å².